The Bertz CT molecular complexity index is 805. The molecule has 0 radical (unpaired) electrons. The van der Waals surface area contributed by atoms with Crippen molar-refractivity contribution in [3.05, 3.63) is 35.5 Å². The fourth-order valence-electron chi connectivity index (χ4n) is 4.07. The molecule has 6 nitrogen and oxygen atoms in total. The van der Waals surface area contributed by atoms with Crippen LogP contribution in [0, 0.1) is 5.92 Å². The van der Waals surface area contributed by atoms with Gasteiger partial charge in [-0.05, 0) is 70.6 Å². The maximum absolute atomic E-state index is 13.4. The topological polar surface area (TPSA) is 59.1 Å². The number of amides is 2. The molecule has 2 aliphatic heterocycles. The van der Waals surface area contributed by atoms with E-state index in [0.717, 1.165) is 37.2 Å². The van der Waals surface area contributed by atoms with Crippen LogP contribution in [0.2, 0.25) is 0 Å². The summed E-state index contributed by atoms with van der Waals surface area (Å²) in [4.78, 5) is 30.2. The first-order chi connectivity index (χ1) is 14.8. The Kier molecular flexibility index (Phi) is 7.76. The molecule has 6 heteroatoms. The molecule has 0 aliphatic carbocycles. The van der Waals surface area contributed by atoms with Gasteiger partial charge in [-0.15, -0.1) is 0 Å². The van der Waals surface area contributed by atoms with Gasteiger partial charge < -0.3 is 14.4 Å². The molecule has 1 aromatic rings. The van der Waals surface area contributed by atoms with Gasteiger partial charge in [0.1, 0.15) is 11.4 Å². The number of ether oxygens (including phenoxy) is 2. The van der Waals surface area contributed by atoms with Crippen LogP contribution in [0.3, 0.4) is 0 Å². The summed E-state index contributed by atoms with van der Waals surface area (Å²) < 4.78 is 11.3. The number of imide groups is 1. The van der Waals surface area contributed by atoms with Crippen molar-refractivity contribution in [3.8, 4) is 5.75 Å². The molecule has 0 saturated carbocycles. The Hall–Kier alpha value is -2.34. The van der Waals surface area contributed by atoms with Gasteiger partial charge in [-0.25, -0.2) is 0 Å². The molecule has 2 heterocycles. The second-order valence-electron chi connectivity index (χ2n) is 9.12. The predicted molar refractivity (Wildman–Crippen MR) is 122 cm³/mol. The van der Waals surface area contributed by atoms with Gasteiger partial charge in [0, 0.05) is 26.2 Å². The zero-order valence-corrected chi connectivity index (χ0v) is 19.5. The Morgan fingerprint density at radius 3 is 2.19 bits per heavy atom. The highest BCUT2D eigenvalue weighted by Gasteiger charge is 2.41. The Labute approximate surface area is 186 Å². The van der Waals surface area contributed by atoms with E-state index >= 15 is 0 Å². The van der Waals surface area contributed by atoms with Gasteiger partial charge in [0.05, 0.1) is 17.8 Å². The van der Waals surface area contributed by atoms with Crippen molar-refractivity contribution in [1.82, 2.24) is 9.80 Å². The average molecular weight is 429 g/mol. The number of hydrogen-bond donors (Lipinski definition) is 0. The van der Waals surface area contributed by atoms with E-state index in [-0.39, 0.29) is 24.0 Å². The van der Waals surface area contributed by atoms with Gasteiger partial charge in [0.25, 0.3) is 11.8 Å². The molecular weight excluding hydrogens is 392 g/mol. The summed E-state index contributed by atoms with van der Waals surface area (Å²) in [6, 6.07) is 7.51. The molecule has 0 unspecified atom stereocenters. The lowest BCUT2D eigenvalue weighted by Crippen LogP contribution is -2.39. The standard InChI is InChI=1S/C25H36N2O4/c1-17(2)30-16-6-13-27-24(28)22(20-7-9-21(10-8-20)31-18(3)4)23(25(27)29)26-14-11-19(5)12-15-26/h7-10,17-19H,6,11-16H2,1-5H3. The number of nitrogens with zero attached hydrogens (tertiary/aromatic N) is 2. The minimum absolute atomic E-state index is 0.0780. The van der Waals surface area contributed by atoms with E-state index in [1.165, 1.54) is 4.90 Å². The van der Waals surface area contributed by atoms with Gasteiger partial charge in [0.2, 0.25) is 0 Å². The third-order valence-electron chi connectivity index (χ3n) is 5.74. The van der Waals surface area contributed by atoms with E-state index in [1.54, 1.807) is 0 Å². The number of rotatable bonds is 9. The molecule has 2 amide bonds. The lowest BCUT2D eigenvalue weighted by molar-refractivity contribution is -0.137. The summed E-state index contributed by atoms with van der Waals surface area (Å²) in [6.07, 6.45) is 2.91. The third kappa shape index (κ3) is 5.67. The van der Waals surface area contributed by atoms with Crippen molar-refractivity contribution >= 4 is 17.4 Å². The van der Waals surface area contributed by atoms with Crippen molar-refractivity contribution in [1.29, 1.82) is 0 Å². The maximum Gasteiger partial charge on any atom is 0.277 e. The van der Waals surface area contributed by atoms with Gasteiger partial charge >= 0.3 is 0 Å². The van der Waals surface area contributed by atoms with Crippen LogP contribution < -0.4 is 4.74 Å². The highest BCUT2D eigenvalue weighted by Crippen LogP contribution is 2.34. The van der Waals surface area contributed by atoms with Crippen LogP contribution in [0.15, 0.2) is 30.0 Å². The zero-order valence-electron chi connectivity index (χ0n) is 19.5. The first-order valence-corrected chi connectivity index (χ1v) is 11.5. The van der Waals surface area contributed by atoms with Crippen LogP contribution in [0.5, 0.6) is 5.75 Å². The zero-order chi connectivity index (χ0) is 22.5. The van der Waals surface area contributed by atoms with Crippen LogP contribution in [0.4, 0.5) is 0 Å². The van der Waals surface area contributed by atoms with E-state index in [9.17, 15) is 9.59 Å². The van der Waals surface area contributed by atoms with Crippen LogP contribution in [0.25, 0.3) is 5.57 Å². The molecule has 1 fully saturated rings. The minimum atomic E-state index is -0.208. The highest BCUT2D eigenvalue weighted by molar-refractivity contribution is 6.35. The van der Waals surface area contributed by atoms with Crippen molar-refractivity contribution < 1.29 is 19.1 Å². The molecule has 0 bridgehead atoms. The molecule has 1 saturated heterocycles. The molecule has 1 aromatic carbocycles. The fourth-order valence-corrected chi connectivity index (χ4v) is 4.07. The van der Waals surface area contributed by atoms with Gasteiger partial charge in [-0.1, -0.05) is 19.1 Å². The van der Waals surface area contributed by atoms with Crippen molar-refractivity contribution in [2.75, 3.05) is 26.2 Å². The number of piperidine rings is 1. The summed E-state index contributed by atoms with van der Waals surface area (Å²) in [6.45, 7) is 12.7. The number of benzene rings is 1. The lowest BCUT2D eigenvalue weighted by atomic mass is 9.97. The van der Waals surface area contributed by atoms with E-state index in [4.69, 9.17) is 9.47 Å². The van der Waals surface area contributed by atoms with E-state index in [0.29, 0.717) is 36.8 Å². The number of hydrogen-bond acceptors (Lipinski definition) is 5. The average Bonchev–Trinajstić information content (AvgIpc) is 2.96. The lowest BCUT2D eigenvalue weighted by Gasteiger charge is -2.32. The second kappa shape index (κ2) is 10.3. The monoisotopic (exact) mass is 428 g/mol. The number of carbonyl (C=O) groups excluding carboxylic acids is 2. The molecular formula is C25H36N2O4. The number of likely N-dealkylation sites (tertiary alicyclic amines) is 1. The Morgan fingerprint density at radius 2 is 1.61 bits per heavy atom. The van der Waals surface area contributed by atoms with Crippen LogP contribution in [-0.2, 0) is 14.3 Å². The molecule has 0 aromatic heterocycles. The van der Waals surface area contributed by atoms with Crippen molar-refractivity contribution in [3.63, 3.8) is 0 Å². The van der Waals surface area contributed by atoms with Crippen molar-refractivity contribution in [2.24, 2.45) is 5.92 Å². The molecule has 0 N–H and O–H groups in total. The quantitative estimate of drug-likeness (QED) is 0.438. The molecule has 2 aliphatic rings. The largest absolute Gasteiger partial charge is 0.491 e. The Balaban J connectivity index is 1.86. The molecule has 3 rings (SSSR count). The summed E-state index contributed by atoms with van der Waals surface area (Å²) in [5.41, 5.74) is 1.84. The van der Waals surface area contributed by atoms with E-state index in [2.05, 4.69) is 11.8 Å². The van der Waals surface area contributed by atoms with Crippen LogP contribution >= 0.6 is 0 Å². The normalized spacial score (nSPS) is 18.2. The smallest absolute Gasteiger partial charge is 0.277 e. The number of carbonyl (C=O) groups is 2. The molecule has 0 atom stereocenters. The molecule has 31 heavy (non-hydrogen) atoms. The molecule has 170 valence electrons. The SMILES string of the molecule is CC1CCN(C2=C(c3ccc(OC(C)C)cc3)C(=O)N(CCCOC(C)C)C2=O)CC1. The fraction of sp³-hybridized carbons (Fsp3) is 0.600. The van der Waals surface area contributed by atoms with Gasteiger partial charge in [-0.3, -0.25) is 14.5 Å². The first kappa shape index (κ1) is 23.3. The summed E-state index contributed by atoms with van der Waals surface area (Å²) in [5.74, 6) is 1.01. The summed E-state index contributed by atoms with van der Waals surface area (Å²) in [5, 5.41) is 0. The maximum atomic E-state index is 13.4. The van der Waals surface area contributed by atoms with Gasteiger partial charge in [-0.2, -0.15) is 0 Å². The molecule has 0 spiro atoms. The second-order valence-corrected chi connectivity index (χ2v) is 9.12. The van der Waals surface area contributed by atoms with Crippen molar-refractivity contribution in [2.45, 2.75) is 66.1 Å². The van der Waals surface area contributed by atoms with Crippen LogP contribution in [0.1, 0.15) is 59.4 Å². The minimum Gasteiger partial charge on any atom is -0.491 e. The first-order valence-electron chi connectivity index (χ1n) is 11.5. The summed E-state index contributed by atoms with van der Waals surface area (Å²) >= 11 is 0. The predicted octanol–water partition coefficient (Wildman–Crippen LogP) is 4.10. The van der Waals surface area contributed by atoms with E-state index in [1.807, 2.05) is 52.0 Å². The highest BCUT2D eigenvalue weighted by atomic mass is 16.5. The summed E-state index contributed by atoms with van der Waals surface area (Å²) in [7, 11) is 0. The third-order valence-corrected chi connectivity index (χ3v) is 5.74. The van der Waals surface area contributed by atoms with E-state index < -0.39 is 0 Å². The van der Waals surface area contributed by atoms with Crippen LogP contribution in [-0.4, -0.2) is 60.1 Å². The Morgan fingerprint density at radius 1 is 0.968 bits per heavy atom. The van der Waals surface area contributed by atoms with Gasteiger partial charge in [0.15, 0.2) is 0 Å².